The molecule has 1 saturated heterocycles. The Balaban J connectivity index is 1.83. The summed E-state index contributed by atoms with van der Waals surface area (Å²) in [5.41, 5.74) is 5.43. The van der Waals surface area contributed by atoms with Crippen LogP contribution in [0, 0.1) is 17.8 Å². The minimum Gasteiger partial charge on any atom is -0.480 e. The van der Waals surface area contributed by atoms with Crippen LogP contribution in [0.3, 0.4) is 0 Å². The van der Waals surface area contributed by atoms with Crippen molar-refractivity contribution in [1.82, 2.24) is 20.9 Å². The summed E-state index contributed by atoms with van der Waals surface area (Å²) in [5.74, 6) is -5.96. The van der Waals surface area contributed by atoms with Gasteiger partial charge in [-0.1, -0.05) is 6.92 Å². The van der Waals surface area contributed by atoms with Crippen LogP contribution in [-0.2, 0) is 47.8 Å². The van der Waals surface area contributed by atoms with Crippen molar-refractivity contribution in [2.24, 2.45) is 23.5 Å². The zero-order valence-electron chi connectivity index (χ0n) is 27.1. The summed E-state index contributed by atoms with van der Waals surface area (Å²) >= 11 is 0.996. The molecule has 0 spiro atoms. The van der Waals surface area contributed by atoms with Crippen molar-refractivity contribution in [2.75, 3.05) is 51.8 Å². The molecule has 4 atom stereocenters. The number of carboxylic acids is 2. The minimum atomic E-state index is -1.31. The lowest BCUT2D eigenvalue weighted by Crippen LogP contribution is -2.50. The van der Waals surface area contributed by atoms with Crippen LogP contribution in [0.4, 0.5) is 0 Å². The number of hydrogen-bond donors (Lipinski definition) is 6. The van der Waals surface area contributed by atoms with Crippen LogP contribution in [0.25, 0.3) is 0 Å². The molecule has 17 nitrogen and oxygen atoms in total. The molecule has 2 fully saturated rings. The normalized spacial score (nSPS) is 22.1. The number of carbonyl (C=O) groups excluding carboxylic acids is 6. The zero-order valence-corrected chi connectivity index (χ0v) is 27.9. The molecule has 0 aromatic heterocycles. The van der Waals surface area contributed by atoms with Gasteiger partial charge in [-0.25, -0.2) is 0 Å². The van der Waals surface area contributed by atoms with E-state index in [2.05, 4.69) is 16.0 Å². The van der Waals surface area contributed by atoms with Crippen LogP contribution in [0.2, 0.25) is 0 Å². The third-order valence-electron chi connectivity index (χ3n) is 8.08. The van der Waals surface area contributed by atoms with Crippen LogP contribution in [0.5, 0.6) is 0 Å². The molecule has 1 heterocycles. The Hall–Kier alpha value is -3.61. The van der Waals surface area contributed by atoms with Crippen molar-refractivity contribution in [1.29, 1.82) is 0 Å². The molecular formula is C30H47N5O12S. The highest BCUT2D eigenvalue weighted by molar-refractivity contribution is 8.00. The molecule has 0 radical (unpaired) electrons. The fraction of sp³-hybridized carbons (Fsp3) is 0.733. The van der Waals surface area contributed by atoms with E-state index < -0.39 is 59.5 Å². The SMILES string of the molecule is CC1C(=O)N(CC2CCC(C(=O)NCCOCCOCCC=O)CC2)C(=O)C1SCC(NC(=O)CCC(N)C(=O)O)C(=O)NCC(=O)O. The lowest BCUT2D eigenvalue weighted by atomic mass is 9.81. The van der Waals surface area contributed by atoms with Gasteiger partial charge in [0.2, 0.25) is 29.5 Å². The topological polar surface area (TPSA) is 261 Å². The summed E-state index contributed by atoms with van der Waals surface area (Å²) in [4.78, 5) is 97.5. The Kier molecular flexibility index (Phi) is 18.1. The molecule has 0 aromatic carbocycles. The van der Waals surface area contributed by atoms with Crippen LogP contribution in [0.15, 0.2) is 0 Å². The number of thioether (sulfide) groups is 1. The predicted molar refractivity (Wildman–Crippen MR) is 170 cm³/mol. The van der Waals surface area contributed by atoms with Crippen molar-refractivity contribution >= 4 is 59.5 Å². The van der Waals surface area contributed by atoms with Gasteiger partial charge >= 0.3 is 11.9 Å². The Morgan fingerprint density at radius 2 is 1.67 bits per heavy atom. The van der Waals surface area contributed by atoms with Gasteiger partial charge in [-0.2, -0.15) is 0 Å². The average Bonchev–Trinajstić information content (AvgIpc) is 3.25. The van der Waals surface area contributed by atoms with Crippen molar-refractivity contribution in [3.8, 4) is 0 Å². The molecule has 1 aliphatic heterocycles. The second-order valence-electron chi connectivity index (χ2n) is 11.7. The third-order valence-corrected chi connectivity index (χ3v) is 9.58. The van der Waals surface area contributed by atoms with E-state index >= 15 is 0 Å². The molecule has 1 saturated carbocycles. The molecule has 4 unspecified atom stereocenters. The molecule has 0 aromatic rings. The fourth-order valence-electron chi connectivity index (χ4n) is 5.30. The highest BCUT2D eigenvalue weighted by Crippen LogP contribution is 2.35. The van der Waals surface area contributed by atoms with Gasteiger partial charge in [-0.3, -0.25) is 38.5 Å². The molecule has 7 N–H and O–H groups in total. The van der Waals surface area contributed by atoms with E-state index in [1.165, 1.54) is 4.90 Å². The molecule has 2 rings (SSSR count). The van der Waals surface area contributed by atoms with E-state index in [0.717, 1.165) is 18.0 Å². The molecule has 48 heavy (non-hydrogen) atoms. The number of nitrogens with two attached hydrogens (primary N) is 1. The molecule has 1 aliphatic carbocycles. The highest BCUT2D eigenvalue weighted by atomic mass is 32.2. The predicted octanol–water partition coefficient (Wildman–Crippen LogP) is -1.48. The first-order valence-corrected chi connectivity index (χ1v) is 17.0. The van der Waals surface area contributed by atoms with E-state index in [1.54, 1.807) is 6.92 Å². The second-order valence-corrected chi connectivity index (χ2v) is 12.9. The number of likely N-dealkylation sites (tertiary alicyclic amines) is 1. The number of nitrogens with zero attached hydrogens (tertiary/aromatic N) is 1. The Labute approximate surface area is 282 Å². The first-order chi connectivity index (χ1) is 22.8. The summed E-state index contributed by atoms with van der Waals surface area (Å²) in [6.07, 6.45) is 3.14. The van der Waals surface area contributed by atoms with E-state index in [9.17, 15) is 38.4 Å². The number of carboxylic acid groups (broad SMARTS) is 2. The number of amides is 5. The first kappa shape index (κ1) is 40.6. The van der Waals surface area contributed by atoms with Crippen molar-refractivity contribution in [2.45, 2.75) is 69.2 Å². The second kappa shape index (κ2) is 21.4. The van der Waals surface area contributed by atoms with Gasteiger partial charge in [0, 0.05) is 37.6 Å². The quantitative estimate of drug-likeness (QED) is 0.0403. The number of rotatable bonds is 23. The number of carbonyl (C=O) groups is 8. The van der Waals surface area contributed by atoms with Crippen molar-refractivity contribution in [3.05, 3.63) is 0 Å². The summed E-state index contributed by atoms with van der Waals surface area (Å²) in [7, 11) is 0. The van der Waals surface area contributed by atoms with Crippen LogP contribution < -0.4 is 21.7 Å². The van der Waals surface area contributed by atoms with E-state index in [0.29, 0.717) is 65.1 Å². The average molecular weight is 702 g/mol. The van der Waals surface area contributed by atoms with E-state index in [1.807, 2.05) is 0 Å². The maximum atomic E-state index is 13.3. The van der Waals surface area contributed by atoms with Gasteiger partial charge in [-0.05, 0) is 38.0 Å². The molecule has 270 valence electrons. The number of ether oxygens (including phenoxy) is 2. The minimum absolute atomic E-state index is 0.0199. The van der Waals surface area contributed by atoms with E-state index in [4.69, 9.17) is 25.4 Å². The zero-order chi connectivity index (χ0) is 35.6. The molecule has 18 heteroatoms. The third kappa shape index (κ3) is 13.9. The Bertz CT molecular complexity index is 1150. The van der Waals surface area contributed by atoms with Crippen LogP contribution in [-0.4, -0.2) is 132 Å². The Morgan fingerprint density at radius 3 is 2.29 bits per heavy atom. The smallest absolute Gasteiger partial charge is 0.322 e. The molecular weight excluding hydrogens is 654 g/mol. The molecule has 2 aliphatic rings. The number of nitrogens with one attached hydrogen (secondary N) is 3. The lowest BCUT2D eigenvalue weighted by Gasteiger charge is -2.30. The van der Waals surface area contributed by atoms with Gasteiger partial charge in [0.25, 0.3) is 0 Å². The maximum Gasteiger partial charge on any atom is 0.322 e. The Morgan fingerprint density at radius 1 is 1.00 bits per heavy atom. The summed E-state index contributed by atoms with van der Waals surface area (Å²) in [6, 6.07) is -2.54. The van der Waals surface area contributed by atoms with Gasteiger partial charge < -0.3 is 46.2 Å². The number of hydrogen-bond acceptors (Lipinski definition) is 12. The lowest BCUT2D eigenvalue weighted by molar-refractivity contribution is -0.141. The van der Waals surface area contributed by atoms with Crippen molar-refractivity contribution in [3.63, 3.8) is 0 Å². The van der Waals surface area contributed by atoms with Gasteiger partial charge in [0.05, 0.1) is 37.6 Å². The van der Waals surface area contributed by atoms with Crippen molar-refractivity contribution < 1.29 is 58.0 Å². The summed E-state index contributed by atoms with van der Waals surface area (Å²) < 4.78 is 10.6. The maximum absolute atomic E-state index is 13.3. The van der Waals surface area contributed by atoms with Gasteiger partial charge in [0.15, 0.2) is 0 Å². The summed E-state index contributed by atoms with van der Waals surface area (Å²) in [6.45, 7) is 2.86. The highest BCUT2D eigenvalue weighted by Gasteiger charge is 2.46. The van der Waals surface area contributed by atoms with Gasteiger partial charge in [0.1, 0.15) is 24.9 Å². The summed E-state index contributed by atoms with van der Waals surface area (Å²) in [5, 5.41) is 24.5. The molecule has 0 bridgehead atoms. The van der Waals surface area contributed by atoms with Gasteiger partial charge in [-0.15, -0.1) is 11.8 Å². The number of aliphatic carboxylic acids is 2. The van der Waals surface area contributed by atoms with Crippen LogP contribution >= 0.6 is 11.8 Å². The van der Waals surface area contributed by atoms with Crippen LogP contribution in [0.1, 0.15) is 51.9 Å². The number of aldehydes is 1. The fourth-order valence-corrected chi connectivity index (χ4v) is 6.61. The van der Waals surface area contributed by atoms with E-state index in [-0.39, 0.29) is 48.8 Å². The monoisotopic (exact) mass is 701 g/mol. The first-order valence-electron chi connectivity index (χ1n) is 16.0. The standard InChI is InChI=1S/C30H47N5O12S/c1-18-25(48-17-22(27(41)33-15-24(38)39)34-23(37)8-7-21(31)30(44)45)29(43)35(28(18)42)16-19-3-5-20(6-4-19)26(40)32-9-12-47-14-13-46-11-2-10-36/h10,18-22,25H,2-9,11-17,31H2,1H3,(H,32,40)(H,33,41)(H,34,37)(H,38,39)(H,44,45). The molecule has 5 amide bonds. The largest absolute Gasteiger partial charge is 0.480 e. The number of imide groups is 1.